The molecule has 0 aliphatic rings. The van der Waals surface area contributed by atoms with Crippen LogP contribution in [-0.4, -0.2) is 26.4 Å². The molecule has 0 bridgehead atoms. The van der Waals surface area contributed by atoms with E-state index < -0.39 is 0 Å². The average molecular weight is 468 g/mol. The van der Waals surface area contributed by atoms with E-state index in [1.165, 1.54) is 11.8 Å². The molecule has 1 N–H and O–H groups in total. The number of carbonyl (C=O) groups excluding carboxylic acids is 1. The van der Waals surface area contributed by atoms with Gasteiger partial charge in [0.25, 0.3) is 0 Å². The third kappa shape index (κ3) is 5.34. The first kappa shape index (κ1) is 21.7. The number of carbonyl (C=O) groups is 1. The number of anilines is 1. The minimum absolute atomic E-state index is 0.167. The smallest absolute Gasteiger partial charge is 0.234 e. The van der Waals surface area contributed by atoms with E-state index >= 15 is 0 Å². The van der Waals surface area contributed by atoms with Gasteiger partial charge in [0.15, 0.2) is 11.0 Å². The minimum atomic E-state index is -0.167. The monoisotopic (exact) mass is 466 g/mol. The van der Waals surface area contributed by atoms with Crippen molar-refractivity contribution in [2.75, 3.05) is 11.1 Å². The number of aryl methyl sites for hydroxylation is 1. The van der Waals surface area contributed by atoms with Gasteiger partial charge < -0.3 is 5.32 Å². The molecule has 9 heteroatoms. The molecule has 0 atom stereocenters. The van der Waals surface area contributed by atoms with Gasteiger partial charge in [-0.05, 0) is 42.8 Å². The van der Waals surface area contributed by atoms with Gasteiger partial charge in [-0.3, -0.25) is 9.36 Å². The summed E-state index contributed by atoms with van der Waals surface area (Å²) in [5.41, 5.74) is 2.38. The predicted molar refractivity (Wildman–Crippen MR) is 121 cm³/mol. The fraction of sp³-hybridized carbons (Fsp3) is 0.150. The zero-order valence-electron chi connectivity index (χ0n) is 15.5. The molecule has 1 heterocycles. The lowest BCUT2D eigenvalue weighted by Gasteiger charge is -2.09. The number of allylic oxidation sites excluding steroid dienone is 1. The number of rotatable bonds is 7. The highest BCUT2D eigenvalue weighted by molar-refractivity contribution is 7.99. The third-order valence-corrected chi connectivity index (χ3v) is 6.11. The van der Waals surface area contributed by atoms with Crippen LogP contribution >= 0.6 is 46.6 Å². The molecule has 3 rings (SSSR count). The maximum absolute atomic E-state index is 12.3. The number of halogens is 3. The summed E-state index contributed by atoms with van der Waals surface area (Å²) in [5, 5.41) is 13.4. The molecule has 0 aliphatic heterocycles. The zero-order chi connectivity index (χ0) is 21.0. The van der Waals surface area contributed by atoms with Gasteiger partial charge in [0, 0.05) is 22.8 Å². The van der Waals surface area contributed by atoms with Crippen LogP contribution in [0, 0.1) is 6.92 Å². The molecule has 5 nitrogen and oxygen atoms in total. The molecule has 1 amide bonds. The van der Waals surface area contributed by atoms with E-state index in [-0.39, 0.29) is 11.7 Å². The SMILES string of the molecule is C=CCn1c(SCC(=O)Nc2ccc(C)c(Cl)c2)nnc1-c1ccc(Cl)c(Cl)c1. The summed E-state index contributed by atoms with van der Waals surface area (Å²) in [4.78, 5) is 12.3. The number of hydrogen-bond acceptors (Lipinski definition) is 4. The number of thioether (sulfide) groups is 1. The fourth-order valence-corrected chi connectivity index (χ4v) is 3.76. The largest absolute Gasteiger partial charge is 0.325 e. The summed E-state index contributed by atoms with van der Waals surface area (Å²) < 4.78 is 1.87. The van der Waals surface area contributed by atoms with Crippen LogP contribution in [0.3, 0.4) is 0 Å². The number of amides is 1. The lowest BCUT2D eigenvalue weighted by atomic mass is 10.2. The molecule has 0 unspecified atom stereocenters. The van der Waals surface area contributed by atoms with Gasteiger partial charge in [-0.1, -0.05) is 58.7 Å². The number of benzene rings is 2. The molecule has 2 aromatic carbocycles. The third-order valence-electron chi connectivity index (χ3n) is 3.99. The van der Waals surface area contributed by atoms with Crippen LogP contribution in [0.2, 0.25) is 15.1 Å². The molecule has 0 aliphatic carbocycles. The van der Waals surface area contributed by atoms with Crippen molar-refractivity contribution in [2.45, 2.75) is 18.6 Å². The first-order chi connectivity index (χ1) is 13.9. The van der Waals surface area contributed by atoms with Crippen molar-refractivity contribution in [3.05, 3.63) is 69.7 Å². The summed E-state index contributed by atoms with van der Waals surface area (Å²) in [7, 11) is 0. The lowest BCUT2D eigenvalue weighted by molar-refractivity contribution is -0.113. The summed E-state index contributed by atoms with van der Waals surface area (Å²) in [6, 6.07) is 10.7. The molecule has 150 valence electrons. The average Bonchev–Trinajstić information content (AvgIpc) is 3.08. The second kappa shape index (κ2) is 9.67. The Morgan fingerprint density at radius 2 is 1.93 bits per heavy atom. The van der Waals surface area contributed by atoms with Gasteiger partial charge in [-0.25, -0.2) is 0 Å². The maximum atomic E-state index is 12.3. The summed E-state index contributed by atoms with van der Waals surface area (Å²) in [5.74, 6) is 0.623. The Labute approximate surface area is 188 Å². The zero-order valence-corrected chi connectivity index (χ0v) is 18.5. The van der Waals surface area contributed by atoms with Gasteiger partial charge >= 0.3 is 0 Å². The van der Waals surface area contributed by atoms with Crippen molar-refractivity contribution >= 4 is 58.2 Å². The summed E-state index contributed by atoms with van der Waals surface area (Å²) in [6.45, 7) is 6.18. The van der Waals surface area contributed by atoms with E-state index in [4.69, 9.17) is 34.8 Å². The fourth-order valence-electron chi connectivity index (χ4n) is 2.54. The Bertz CT molecular complexity index is 1070. The molecule has 3 aromatic rings. The standard InChI is InChI=1S/C20H17Cl3N4OS/c1-3-8-27-19(13-5-7-15(21)17(23)9-13)25-26-20(27)29-11-18(28)24-14-6-4-12(2)16(22)10-14/h3-7,9-10H,1,8,11H2,2H3,(H,24,28). The first-order valence-electron chi connectivity index (χ1n) is 8.57. The molecule has 0 spiro atoms. The first-order valence-corrected chi connectivity index (χ1v) is 10.7. The van der Waals surface area contributed by atoms with E-state index in [9.17, 15) is 4.79 Å². The molecular formula is C20H17Cl3N4OS. The van der Waals surface area contributed by atoms with Crippen LogP contribution in [0.5, 0.6) is 0 Å². The van der Waals surface area contributed by atoms with E-state index in [1.54, 1.807) is 24.3 Å². The maximum Gasteiger partial charge on any atom is 0.234 e. The Morgan fingerprint density at radius 3 is 2.62 bits per heavy atom. The summed E-state index contributed by atoms with van der Waals surface area (Å²) in [6.07, 6.45) is 1.74. The van der Waals surface area contributed by atoms with E-state index in [2.05, 4.69) is 22.1 Å². The highest BCUT2D eigenvalue weighted by Gasteiger charge is 2.16. The van der Waals surface area contributed by atoms with E-state index in [1.807, 2.05) is 29.7 Å². The predicted octanol–water partition coefficient (Wildman–Crippen LogP) is 6.13. The molecule has 0 fully saturated rings. The van der Waals surface area contributed by atoms with Gasteiger partial charge in [0.2, 0.25) is 5.91 Å². The quantitative estimate of drug-likeness (QED) is 0.335. The van der Waals surface area contributed by atoms with Crippen LogP contribution in [0.15, 0.2) is 54.2 Å². The normalized spacial score (nSPS) is 10.8. The van der Waals surface area contributed by atoms with Gasteiger partial charge in [-0.2, -0.15) is 0 Å². The minimum Gasteiger partial charge on any atom is -0.325 e. The van der Waals surface area contributed by atoms with Crippen molar-refractivity contribution in [1.29, 1.82) is 0 Å². The highest BCUT2D eigenvalue weighted by Crippen LogP contribution is 2.30. The topological polar surface area (TPSA) is 59.8 Å². The van der Waals surface area contributed by atoms with Crippen molar-refractivity contribution in [3.63, 3.8) is 0 Å². The Kier molecular flexibility index (Phi) is 7.24. The van der Waals surface area contributed by atoms with Crippen molar-refractivity contribution < 1.29 is 4.79 Å². The van der Waals surface area contributed by atoms with Crippen LogP contribution in [0.4, 0.5) is 5.69 Å². The van der Waals surface area contributed by atoms with E-state index in [0.717, 1.165) is 11.1 Å². The van der Waals surface area contributed by atoms with Gasteiger partial charge in [0.1, 0.15) is 0 Å². The number of aromatic nitrogens is 3. The van der Waals surface area contributed by atoms with Crippen LogP contribution in [0.25, 0.3) is 11.4 Å². The molecular weight excluding hydrogens is 451 g/mol. The molecule has 0 saturated carbocycles. The van der Waals surface area contributed by atoms with E-state index in [0.29, 0.717) is 38.3 Å². The highest BCUT2D eigenvalue weighted by atomic mass is 35.5. The van der Waals surface area contributed by atoms with Crippen molar-refractivity contribution in [3.8, 4) is 11.4 Å². The number of nitrogens with one attached hydrogen (secondary N) is 1. The van der Waals surface area contributed by atoms with Crippen LogP contribution in [-0.2, 0) is 11.3 Å². The summed E-state index contributed by atoms with van der Waals surface area (Å²) >= 11 is 19.5. The van der Waals surface area contributed by atoms with Gasteiger partial charge in [-0.15, -0.1) is 16.8 Å². The van der Waals surface area contributed by atoms with Gasteiger partial charge in [0.05, 0.1) is 15.8 Å². The lowest BCUT2D eigenvalue weighted by Crippen LogP contribution is -2.14. The van der Waals surface area contributed by atoms with Crippen molar-refractivity contribution in [2.24, 2.45) is 0 Å². The second-order valence-electron chi connectivity index (χ2n) is 6.14. The van der Waals surface area contributed by atoms with Crippen LogP contribution in [0.1, 0.15) is 5.56 Å². The molecule has 0 saturated heterocycles. The Morgan fingerprint density at radius 1 is 1.14 bits per heavy atom. The van der Waals surface area contributed by atoms with Crippen LogP contribution < -0.4 is 5.32 Å². The molecule has 0 radical (unpaired) electrons. The molecule has 29 heavy (non-hydrogen) atoms. The Hall–Kier alpha value is -1.99. The second-order valence-corrected chi connectivity index (χ2v) is 8.30. The Balaban J connectivity index is 1.74. The molecule has 1 aromatic heterocycles. The number of hydrogen-bond donors (Lipinski definition) is 1. The number of nitrogens with zero attached hydrogens (tertiary/aromatic N) is 3. The van der Waals surface area contributed by atoms with Crippen molar-refractivity contribution in [1.82, 2.24) is 14.8 Å².